The Kier molecular flexibility index (Phi) is 6.67. The van der Waals surface area contributed by atoms with E-state index in [2.05, 4.69) is 9.98 Å². The van der Waals surface area contributed by atoms with E-state index in [4.69, 9.17) is 27.8 Å². The van der Waals surface area contributed by atoms with Crippen LogP contribution >= 0.6 is 11.3 Å². The van der Waals surface area contributed by atoms with Crippen molar-refractivity contribution in [3.05, 3.63) is 65.5 Å². The van der Waals surface area contributed by atoms with Crippen molar-refractivity contribution in [2.45, 2.75) is 0 Å². The maximum Gasteiger partial charge on any atom is 0.380 e. The number of H-pyrrole nitrogens is 1. The molecule has 0 aliphatic carbocycles. The summed E-state index contributed by atoms with van der Waals surface area (Å²) in [7, 11) is -3.31. The van der Waals surface area contributed by atoms with Gasteiger partial charge in [-0.05, 0) is 47.5 Å². The SMILES string of the molecule is COc1ccc(-c2c/c(=N\c3[nH+]ccs3)c3cc(O)ccc3o2)cc1.[O-][Cl+3]([O-])([O-])[O-]. The van der Waals surface area contributed by atoms with E-state index in [1.165, 1.54) is 11.3 Å². The third-order valence-electron chi connectivity index (χ3n) is 3.78. The topological polar surface area (TPSA) is 161 Å². The zero-order valence-corrected chi connectivity index (χ0v) is 17.0. The quantitative estimate of drug-likeness (QED) is 0.425. The lowest BCUT2D eigenvalue weighted by Crippen LogP contribution is -2.68. The highest BCUT2D eigenvalue weighted by Crippen LogP contribution is 2.26. The minimum atomic E-state index is -4.94. The molecule has 0 atom stereocenters. The van der Waals surface area contributed by atoms with Crippen molar-refractivity contribution in [2.24, 2.45) is 4.99 Å². The van der Waals surface area contributed by atoms with Crippen LogP contribution in [0.25, 0.3) is 22.3 Å². The van der Waals surface area contributed by atoms with Gasteiger partial charge in [0.1, 0.15) is 22.8 Å². The van der Waals surface area contributed by atoms with Gasteiger partial charge in [-0.15, -0.1) is 10.2 Å². The number of ether oxygens (including phenoxy) is 1. The molecule has 4 aromatic rings. The van der Waals surface area contributed by atoms with Gasteiger partial charge >= 0.3 is 5.13 Å². The number of rotatable bonds is 3. The van der Waals surface area contributed by atoms with E-state index in [0.717, 1.165) is 27.2 Å². The minimum Gasteiger partial charge on any atom is -0.508 e. The molecule has 0 aliphatic heterocycles. The molecule has 2 heterocycles. The van der Waals surface area contributed by atoms with Gasteiger partial charge in [-0.25, -0.2) is 23.6 Å². The van der Waals surface area contributed by atoms with E-state index in [9.17, 15) is 5.11 Å². The normalized spacial score (nSPS) is 11.8. The number of methoxy groups -OCH3 is 1. The Bertz CT molecular complexity index is 1180. The molecule has 0 spiro atoms. The van der Waals surface area contributed by atoms with Crippen LogP contribution in [0.5, 0.6) is 11.5 Å². The van der Waals surface area contributed by atoms with E-state index in [-0.39, 0.29) is 5.75 Å². The minimum absolute atomic E-state index is 0.173. The van der Waals surface area contributed by atoms with Crippen molar-refractivity contribution in [1.82, 2.24) is 0 Å². The van der Waals surface area contributed by atoms with Crippen LogP contribution in [-0.4, -0.2) is 12.2 Å². The van der Waals surface area contributed by atoms with E-state index in [1.807, 2.05) is 41.9 Å². The number of aromatic nitrogens is 1. The van der Waals surface area contributed by atoms with Crippen LogP contribution < -0.4 is 33.7 Å². The molecule has 2 aromatic carbocycles. The fourth-order valence-electron chi connectivity index (χ4n) is 2.55. The van der Waals surface area contributed by atoms with Gasteiger partial charge in [0.15, 0.2) is 5.36 Å². The average Bonchev–Trinajstić information content (AvgIpc) is 3.20. The fourth-order valence-corrected chi connectivity index (χ4v) is 3.10. The van der Waals surface area contributed by atoms with E-state index >= 15 is 0 Å². The summed E-state index contributed by atoms with van der Waals surface area (Å²) in [4.78, 5) is 7.74. The average molecular weight is 451 g/mol. The van der Waals surface area contributed by atoms with Crippen LogP contribution in [0.15, 0.2) is 69.5 Å². The molecule has 0 saturated heterocycles. The number of phenolic OH excluding ortho intramolecular Hbond substituents is 1. The molecule has 0 saturated carbocycles. The maximum absolute atomic E-state index is 9.82. The van der Waals surface area contributed by atoms with Crippen molar-refractivity contribution in [1.29, 1.82) is 0 Å². The first-order chi connectivity index (χ1) is 14.2. The van der Waals surface area contributed by atoms with Crippen LogP contribution in [0.1, 0.15) is 0 Å². The number of nitrogens with zero attached hydrogens (tertiary/aromatic N) is 1. The lowest BCUT2D eigenvalue weighted by Gasteiger charge is -2.17. The van der Waals surface area contributed by atoms with Crippen LogP contribution in [0.3, 0.4) is 0 Å². The molecule has 2 aromatic heterocycles. The van der Waals surface area contributed by atoms with Crippen molar-refractivity contribution in [3.63, 3.8) is 0 Å². The number of hydrogen-bond acceptors (Lipinski definition) is 9. The first-order valence-corrected chi connectivity index (χ1v) is 10.4. The Morgan fingerprint density at radius 1 is 1.07 bits per heavy atom. The predicted molar refractivity (Wildman–Crippen MR) is 96.0 cm³/mol. The Morgan fingerprint density at radius 3 is 2.37 bits per heavy atom. The summed E-state index contributed by atoms with van der Waals surface area (Å²) in [5.41, 5.74) is 1.57. The number of aromatic hydroxyl groups is 1. The van der Waals surface area contributed by atoms with Crippen molar-refractivity contribution >= 4 is 27.4 Å². The molecule has 156 valence electrons. The molecule has 0 unspecified atom stereocenters. The molecule has 2 N–H and O–H groups in total. The summed E-state index contributed by atoms with van der Waals surface area (Å²) >= 11 is 1.51. The van der Waals surface area contributed by atoms with Crippen LogP contribution in [0, 0.1) is 10.2 Å². The second-order valence-electron chi connectivity index (χ2n) is 5.76. The Morgan fingerprint density at radius 2 is 1.77 bits per heavy atom. The number of phenols is 1. The Hall–Kier alpha value is -2.99. The van der Waals surface area contributed by atoms with Crippen molar-refractivity contribution in [2.75, 3.05) is 7.11 Å². The summed E-state index contributed by atoms with van der Waals surface area (Å²) < 4.78 is 45.2. The van der Waals surface area contributed by atoms with Gasteiger partial charge in [0, 0.05) is 17.0 Å². The third kappa shape index (κ3) is 6.00. The van der Waals surface area contributed by atoms with Gasteiger partial charge in [-0.3, -0.25) is 0 Å². The maximum atomic E-state index is 9.82. The number of fused-ring (bicyclic) bond motifs is 1. The smallest absolute Gasteiger partial charge is 0.380 e. The molecule has 0 amide bonds. The summed E-state index contributed by atoms with van der Waals surface area (Å²) in [6, 6.07) is 14.5. The Labute approximate surface area is 176 Å². The van der Waals surface area contributed by atoms with Gasteiger partial charge in [0.05, 0.1) is 18.7 Å². The molecule has 0 bridgehead atoms. The summed E-state index contributed by atoms with van der Waals surface area (Å²) in [5, 5.41) is 14.0. The van der Waals surface area contributed by atoms with Gasteiger partial charge in [-0.1, -0.05) is 11.3 Å². The molecule has 0 fully saturated rings. The third-order valence-corrected chi connectivity index (χ3v) is 4.48. The Balaban J connectivity index is 0.000000461. The zero-order valence-electron chi connectivity index (χ0n) is 15.4. The first kappa shape index (κ1) is 21.7. The molecular formula is C19H15ClN2O7S. The number of thiazole rings is 1. The monoisotopic (exact) mass is 450 g/mol. The van der Waals surface area contributed by atoms with Gasteiger partial charge in [0.2, 0.25) is 0 Å². The number of halogens is 1. The van der Waals surface area contributed by atoms with Crippen molar-refractivity contribution < 1.29 is 48.1 Å². The van der Waals surface area contributed by atoms with E-state index < -0.39 is 10.2 Å². The van der Waals surface area contributed by atoms with Gasteiger partial charge < -0.3 is 14.3 Å². The largest absolute Gasteiger partial charge is 0.508 e. The predicted octanol–water partition coefficient (Wildman–Crippen LogP) is -0.834. The second kappa shape index (κ2) is 9.22. The number of nitrogens with one attached hydrogen (secondary N) is 1. The van der Waals surface area contributed by atoms with Crippen molar-refractivity contribution in [3.8, 4) is 22.8 Å². The molecule has 0 aliphatic rings. The zero-order chi connectivity index (χ0) is 21.7. The lowest BCUT2D eigenvalue weighted by molar-refractivity contribution is -2.00. The highest BCUT2D eigenvalue weighted by atomic mass is 35.7. The second-order valence-corrected chi connectivity index (χ2v) is 7.42. The number of hydrogen-bond donors (Lipinski definition) is 1. The number of benzene rings is 2. The lowest BCUT2D eigenvalue weighted by atomic mass is 10.1. The number of aromatic amines is 1. The molecule has 0 radical (unpaired) electrons. The molecule has 9 nitrogen and oxygen atoms in total. The van der Waals surface area contributed by atoms with Gasteiger partial charge in [0.25, 0.3) is 0 Å². The van der Waals surface area contributed by atoms with Crippen LogP contribution in [0.2, 0.25) is 0 Å². The molecular weight excluding hydrogens is 436 g/mol. The summed E-state index contributed by atoms with van der Waals surface area (Å²) in [6.07, 6.45) is 1.83. The molecule has 4 rings (SSSR count). The highest BCUT2D eigenvalue weighted by Gasteiger charge is 2.11. The molecule has 11 heteroatoms. The standard InChI is InChI=1S/C19H14N2O3S.ClHO4/c1-23-14-5-2-12(3-6-14)18-11-16(21-19-20-8-9-25-19)15-10-13(22)4-7-17(15)24-18;2-1(3,4)5/h2-11,22H,1H3;(H,2,3,4,5)/b21-16+;. The molecule has 30 heavy (non-hydrogen) atoms. The summed E-state index contributed by atoms with van der Waals surface area (Å²) in [5.74, 6) is 1.65. The first-order valence-electron chi connectivity index (χ1n) is 8.26. The van der Waals surface area contributed by atoms with Crippen LogP contribution in [0.4, 0.5) is 5.13 Å². The van der Waals surface area contributed by atoms with E-state index in [1.54, 1.807) is 25.3 Å². The van der Waals surface area contributed by atoms with Gasteiger partial charge in [-0.2, -0.15) is 0 Å². The van der Waals surface area contributed by atoms with Crippen LogP contribution in [-0.2, 0) is 0 Å². The van der Waals surface area contributed by atoms with E-state index in [0.29, 0.717) is 11.3 Å². The summed E-state index contributed by atoms with van der Waals surface area (Å²) in [6.45, 7) is 0. The fraction of sp³-hybridized carbons (Fsp3) is 0.0526. The highest BCUT2D eigenvalue weighted by molar-refractivity contribution is 7.12.